The van der Waals surface area contributed by atoms with Crippen LogP contribution >= 0.6 is 34.5 Å². The maximum atomic E-state index is 12.2. The number of nitrogens with zero attached hydrogens (tertiary/aromatic N) is 2. The van der Waals surface area contributed by atoms with Crippen LogP contribution in [0, 0.1) is 0 Å². The number of carbonyl (C=O) groups excluding carboxylic acids is 1. The summed E-state index contributed by atoms with van der Waals surface area (Å²) in [5, 5.41) is 6.08. The van der Waals surface area contributed by atoms with Crippen LogP contribution < -0.4 is 5.32 Å². The summed E-state index contributed by atoms with van der Waals surface area (Å²) >= 11 is 13.2. The number of aromatic nitrogens is 2. The third-order valence-corrected chi connectivity index (χ3v) is 4.26. The number of hydrogen-bond acceptors (Lipinski definition) is 4. The molecule has 7 heteroatoms. The van der Waals surface area contributed by atoms with E-state index in [-0.39, 0.29) is 5.91 Å². The Kier molecular flexibility index (Phi) is 4.38. The Morgan fingerprint density at radius 2 is 1.95 bits per heavy atom. The van der Waals surface area contributed by atoms with Gasteiger partial charge in [-0.3, -0.25) is 4.79 Å². The van der Waals surface area contributed by atoms with Crippen molar-refractivity contribution >= 4 is 46.1 Å². The predicted molar refractivity (Wildman–Crippen MR) is 89.8 cm³/mol. The van der Waals surface area contributed by atoms with Crippen molar-refractivity contribution in [1.29, 1.82) is 0 Å². The fourth-order valence-electron chi connectivity index (χ4n) is 1.78. The molecule has 2 aromatic heterocycles. The van der Waals surface area contributed by atoms with E-state index in [1.165, 1.54) is 17.5 Å². The van der Waals surface area contributed by atoms with Gasteiger partial charge < -0.3 is 5.32 Å². The molecule has 3 aromatic rings. The highest BCUT2D eigenvalue weighted by atomic mass is 35.5. The van der Waals surface area contributed by atoms with Crippen molar-refractivity contribution < 1.29 is 4.79 Å². The number of carbonyl (C=O) groups is 1. The minimum absolute atomic E-state index is 0.307. The Morgan fingerprint density at radius 3 is 2.68 bits per heavy atom. The molecule has 0 saturated heterocycles. The Hall–Kier alpha value is -1.95. The van der Waals surface area contributed by atoms with Gasteiger partial charge in [-0.15, -0.1) is 11.3 Å². The Labute approximate surface area is 140 Å². The van der Waals surface area contributed by atoms with Gasteiger partial charge in [-0.05, 0) is 18.2 Å². The summed E-state index contributed by atoms with van der Waals surface area (Å²) < 4.78 is 0. The minimum atomic E-state index is -0.307. The first-order chi connectivity index (χ1) is 10.6. The standard InChI is InChI=1S/C15H9Cl2N3OS/c16-11-4-2-1-3-10(11)15-20-12(8-22-15)14(21)19-9-5-6-13(17)18-7-9/h1-8H,(H,19,21). The van der Waals surface area contributed by atoms with Crippen molar-refractivity contribution in [2.24, 2.45) is 0 Å². The second-order valence-electron chi connectivity index (χ2n) is 4.34. The molecule has 110 valence electrons. The first kappa shape index (κ1) is 15.0. The molecule has 3 rings (SSSR count). The first-order valence-corrected chi connectivity index (χ1v) is 7.90. The molecule has 0 aliphatic heterocycles. The van der Waals surface area contributed by atoms with Crippen LogP contribution in [0.5, 0.6) is 0 Å². The fourth-order valence-corrected chi connectivity index (χ4v) is 3.01. The van der Waals surface area contributed by atoms with Crippen LogP contribution in [0.15, 0.2) is 48.0 Å². The van der Waals surface area contributed by atoms with Crippen molar-refractivity contribution in [2.45, 2.75) is 0 Å². The molecule has 1 aromatic carbocycles. The van der Waals surface area contributed by atoms with E-state index in [0.29, 0.717) is 26.6 Å². The largest absolute Gasteiger partial charge is 0.319 e. The first-order valence-electron chi connectivity index (χ1n) is 6.27. The van der Waals surface area contributed by atoms with Crippen LogP contribution in [-0.4, -0.2) is 15.9 Å². The fraction of sp³-hybridized carbons (Fsp3) is 0. The highest BCUT2D eigenvalue weighted by Gasteiger charge is 2.13. The molecule has 22 heavy (non-hydrogen) atoms. The lowest BCUT2D eigenvalue weighted by atomic mass is 10.2. The molecule has 0 saturated carbocycles. The summed E-state index contributed by atoms with van der Waals surface area (Å²) in [4.78, 5) is 20.4. The van der Waals surface area contributed by atoms with Crippen molar-refractivity contribution in [1.82, 2.24) is 9.97 Å². The zero-order chi connectivity index (χ0) is 15.5. The smallest absolute Gasteiger partial charge is 0.275 e. The average Bonchev–Trinajstić information content (AvgIpc) is 3.00. The van der Waals surface area contributed by atoms with E-state index in [2.05, 4.69) is 15.3 Å². The molecule has 4 nitrogen and oxygen atoms in total. The molecule has 0 aliphatic rings. The molecule has 0 unspecified atom stereocenters. The predicted octanol–water partition coefficient (Wildman–Crippen LogP) is 4.76. The molecule has 0 radical (unpaired) electrons. The van der Waals surface area contributed by atoms with E-state index in [4.69, 9.17) is 23.2 Å². The van der Waals surface area contributed by atoms with Gasteiger partial charge in [0, 0.05) is 10.9 Å². The number of rotatable bonds is 3. The van der Waals surface area contributed by atoms with Crippen LogP contribution in [-0.2, 0) is 0 Å². The van der Waals surface area contributed by atoms with Gasteiger partial charge in [0.2, 0.25) is 0 Å². The van der Waals surface area contributed by atoms with Gasteiger partial charge in [-0.1, -0.05) is 41.4 Å². The number of hydrogen-bond donors (Lipinski definition) is 1. The van der Waals surface area contributed by atoms with Gasteiger partial charge in [-0.25, -0.2) is 9.97 Å². The summed E-state index contributed by atoms with van der Waals surface area (Å²) in [6.07, 6.45) is 1.49. The van der Waals surface area contributed by atoms with Crippen LogP contribution in [0.1, 0.15) is 10.5 Å². The van der Waals surface area contributed by atoms with E-state index in [1.54, 1.807) is 23.6 Å². The quantitative estimate of drug-likeness (QED) is 0.693. The molecule has 1 N–H and O–H groups in total. The summed E-state index contributed by atoms with van der Waals surface area (Å²) in [5.41, 5.74) is 1.69. The molecule has 0 fully saturated rings. The Morgan fingerprint density at radius 1 is 1.14 bits per heavy atom. The molecule has 1 amide bonds. The summed E-state index contributed by atoms with van der Waals surface area (Å²) in [6.45, 7) is 0. The van der Waals surface area contributed by atoms with Crippen LogP contribution in [0.25, 0.3) is 10.6 Å². The Balaban J connectivity index is 1.80. The number of halogens is 2. The Bertz CT molecular complexity index is 818. The number of amides is 1. The molecule has 0 atom stereocenters. The van der Waals surface area contributed by atoms with Gasteiger partial charge in [0.05, 0.1) is 16.9 Å². The van der Waals surface area contributed by atoms with E-state index < -0.39 is 0 Å². The number of pyridine rings is 1. The van der Waals surface area contributed by atoms with Crippen molar-refractivity contribution in [2.75, 3.05) is 5.32 Å². The monoisotopic (exact) mass is 349 g/mol. The summed E-state index contributed by atoms with van der Waals surface area (Å²) in [7, 11) is 0. The summed E-state index contributed by atoms with van der Waals surface area (Å²) in [6, 6.07) is 10.7. The van der Waals surface area contributed by atoms with Crippen molar-refractivity contribution in [3.8, 4) is 10.6 Å². The number of nitrogens with one attached hydrogen (secondary N) is 1. The van der Waals surface area contributed by atoms with E-state index >= 15 is 0 Å². The number of benzene rings is 1. The van der Waals surface area contributed by atoms with Crippen LogP contribution in [0.2, 0.25) is 10.2 Å². The molecule has 0 bridgehead atoms. The lowest BCUT2D eigenvalue weighted by Crippen LogP contribution is -2.12. The van der Waals surface area contributed by atoms with Crippen molar-refractivity contribution in [3.63, 3.8) is 0 Å². The molecule has 0 aliphatic carbocycles. The topological polar surface area (TPSA) is 54.9 Å². The minimum Gasteiger partial charge on any atom is -0.319 e. The number of thiazole rings is 1. The number of anilines is 1. The SMILES string of the molecule is O=C(Nc1ccc(Cl)nc1)c1csc(-c2ccccc2Cl)n1. The van der Waals surface area contributed by atoms with Gasteiger partial charge >= 0.3 is 0 Å². The van der Waals surface area contributed by atoms with Crippen LogP contribution in [0.3, 0.4) is 0 Å². The molecule has 2 heterocycles. The van der Waals surface area contributed by atoms with Crippen LogP contribution in [0.4, 0.5) is 5.69 Å². The zero-order valence-electron chi connectivity index (χ0n) is 11.1. The normalized spacial score (nSPS) is 10.5. The highest BCUT2D eigenvalue weighted by molar-refractivity contribution is 7.13. The lowest BCUT2D eigenvalue weighted by molar-refractivity contribution is 0.102. The maximum Gasteiger partial charge on any atom is 0.275 e. The lowest BCUT2D eigenvalue weighted by Gasteiger charge is -2.02. The second-order valence-corrected chi connectivity index (χ2v) is 5.99. The molecular formula is C15H9Cl2N3OS. The highest BCUT2D eigenvalue weighted by Crippen LogP contribution is 2.30. The van der Waals surface area contributed by atoms with Crippen molar-refractivity contribution in [3.05, 3.63) is 63.8 Å². The van der Waals surface area contributed by atoms with E-state index in [9.17, 15) is 4.79 Å². The average molecular weight is 350 g/mol. The van der Waals surface area contributed by atoms with E-state index in [1.807, 2.05) is 18.2 Å². The zero-order valence-corrected chi connectivity index (χ0v) is 13.4. The maximum absolute atomic E-state index is 12.2. The molecule has 0 spiro atoms. The second kappa shape index (κ2) is 6.44. The van der Waals surface area contributed by atoms with E-state index in [0.717, 1.165) is 5.56 Å². The third kappa shape index (κ3) is 3.27. The van der Waals surface area contributed by atoms with Gasteiger partial charge in [-0.2, -0.15) is 0 Å². The van der Waals surface area contributed by atoms with Gasteiger partial charge in [0.15, 0.2) is 0 Å². The van der Waals surface area contributed by atoms with Gasteiger partial charge in [0.1, 0.15) is 15.9 Å². The summed E-state index contributed by atoms with van der Waals surface area (Å²) in [5.74, 6) is -0.307. The van der Waals surface area contributed by atoms with Gasteiger partial charge in [0.25, 0.3) is 5.91 Å². The molecular weight excluding hydrogens is 341 g/mol. The third-order valence-electron chi connectivity index (χ3n) is 2.83.